The Morgan fingerprint density at radius 2 is 1.29 bits per heavy atom. The average molecular weight is 192 g/mol. The van der Waals surface area contributed by atoms with Crippen molar-refractivity contribution < 1.29 is 0 Å². The Morgan fingerprint density at radius 1 is 0.786 bits per heavy atom. The third kappa shape index (κ3) is 11.2. The van der Waals surface area contributed by atoms with E-state index in [4.69, 9.17) is 0 Å². The summed E-state index contributed by atoms with van der Waals surface area (Å²) in [6, 6.07) is 0. The maximum absolute atomic E-state index is 3.70. The molecule has 0 aromatic heterocycles. The first-order valence-electron chi connectivity index (χ1n) is 5.82. The Morgan fingerprint density at radius 3 is 1.79 bits per heavy atom. The van der Waals surface area contributed by atoms with Gasteiger partial charge in [-0.1, -0.05) is 37.3 Å². The fraction of sp³-hybridized carbons (Fsp3) is 0.571. The molecule has 0 saturated heterocycles. The maximum atomic E-state index is 3.70. The van der Waals surface area contributed by atoms with Crippen molar-refractivity contribution in [2.75, 3.05) is 0 Å². The van der Waals surface area contributed by atoms with Gasteiger partial charge in [0, 0.05) is 0 Å². The van der Waals surface area contributed by atoms with E-state index >= 15 is 0 Å². The van der Waals surface area contributed by atoms with E-state index in [2.05, 4.69) is 37.8 Å². The third-order valence-corrected chi connectivity index (χ3v) is 2.09. The summed E-state index contributed by atoms with van der Waals surface area (Å²) in [5, 5.41) is 0. The van der Waals surface area contributed by atoms with E-state index in [-0.39, 0.29) is 0 Å². The fourth-order valence-corrected chi connectivity index (χ4v) is 1.25. The first-order valence-corrected chi connectivity index (χ1v) is 5.82. The van der Waals surface area contributed by atoms with E-state index in [0.717, 1.165) is 12.8 Å². The van der Waals surface area contributed by atoms with Crippen LogP contribution >= 0.6 is 0 Å². The Labute approximate surface area is 89.4 Å². The van der Waals surface area contributed by atoms with Crippen molar-refractivity contribution in [2.24, 2.45) is 0 Å². The van der Waals surface area contributed by atoms with Crippen LogP contribution in [0.1, 0.15) is 51.9 Å². The Kier molecular flexibility index (Phi) is 11.5. The van der Waals surface area contributed by atoms with Crippen LogP contribution in [0.3, 0.4) is 0 Å². The molecule has 0 bridgehead atoms. The quantitative estimate of drug-likeness (QED) is 0.355. The fourth-order valence-electron chi connectivity index (χ4n) is 1.25. The molecule has 0 spiro atoms. The van der Waals surface area contributed by atoms with E-state index in [0.29, 0.717) is 0 Å². The summed E-state index contributed by atoms with van der Waals surface area (Å²) in [6.07, 6.45) is 19.6. The molecule has 0 saturated carbocycles. The van der Waals surface area contributed by atoms with Crippen LogP contribution in [0.2, 0.25) is 0 Å². The van der Waals surface area contributed by atoms with Crippen LogP contribution < -0.4 is 0 Å². The van der Waals surface area contributed by atoms with E-state index in [1.807, 2.05) is 6.08 Å². The second-order valence-corrected chi connectivity index (χ2v) is 3.50. The number of allylic oxidation sites excluding steroid dienone is 5. The molecule has 0 aliphatic heterocycles. The highest BCUT2D eigenvalue weighted by Gasteiger charge is 1.81. The predicted octanol–water partition coefficient (Wildman–Crippen LogP) is 5.04. The summed E-state index contributed by atoms with van der Waals surface area (Å²) in [4.78, 5) is 0. The molecule has 0 aromatic rings. The van der Waals surface area contributed by atoms with Gasteiger partial charge in [-0.3, -0.25) is 0 Å². The second kappa shape index (κ2) is 12.2. The average Bonchev–Trinajstić information content (AvgIpc) is 2.21. The second-order valence-electron chi connectivity index (χ2n) is 3.50. The lowest BCUT2D eigenvalue weighted by atomic mass is 10.2. The van der Waals surface area contributed by atoms with Gasteiger partial charge in [-0.25, -0.2) is 0 Å². The van der Waals surface area contributed by atoms with Crippen molar-refractivity contribution in [1.29, 1.82) is 0 Å². The standard InChI is InChI=1S/C14H24/c1-3-5-7-9-11-13-14-12-10-8-6-4-2/h3,6,8,11,13H,1,4-5,7,9-10,12,14H2,2H3. The molecule has 0 N–H and O–H groups in total. The first kappa shape index (κ1) is 13.2. The molecule has 0 aliphatic carbocycles. The lowest BCUT2D eigenvalue weighted by Crippen LogP contribution is -1.71. The largest absolute Gasteiger partial charge is 0.103 e. The number of hydrogen-bond acceptors (Lipinski definition) is 0. The van der Waals surface area contributed by atoms with Gasteiger partial charge in [0.15, 0.2) is 0 Å². The molecule has 0 radical (unpaired) electrons. The molecular formula is C14H24. The molecule has 0 fully saturated rings. The summed E-state index contributed by atoms with van der Waals surface area (Å²) >= 11 is 0. The van der Waals surface area contributed by atoms with Gasteiger partial charge < -0.3 is 0 Å². The minimum absolute atomic E-state index is 1.14. The summed E-state index contributed by atoms with van der Waals surface area (Å²) in [5.41, 5.74) is 0. The summed E-state index contributed by atoms with van der Waals surface area (Å²) in [5.74, 6) is 0. The number of unbranched alkanes of at least 4 members (excludes halogenated alkanes) is 4. The Hall–Kier alpha value is -0.780. The van der Waals surface area contributed by atoms with Crippen LogP contribution in [-0.2, 0) is 0 Å². The molecule has 0 amide bonds. The Balaban J connectivity index is 3.10. The SMILES string of the molecule is C=CCCCC=CCCCC=CCC. The van der Waals surface area contributed by atoms with Crippen LogP contribution in [0.15, 0.2) is 37.0 Å². The smallest absolute Gasteiger partial charge is 0.0348 e. The third-order valence-electron chi connectivity index (χ3n) is 2.09. The van der Waals surface area contributed by atoms with Gasteiger partial charge in [-0.15, -0.1) is 6.58 Å². The molecule has 0 aliphatic rings. The summed E-state index contributed by atoms with van der Waals surface area (Å²) in [7, 11) is 0. The summed E-state index contributed by atoms with van der Waals surface area (Å²) in [6.45, 7) is 5.88. The zero-order valence-electron chi connectivity index (χ0n) is 9.54. The lowest BCUT2D eigenvalue weighted by molar-refractivity contribution is 0.840. The van der Waals surface area contributed by atoms with Crippen LogP contribution in [0.5, 0.6) is 0 Å². The molecule has 0 aromatic carbocycles. The molecule has 14 heavy (non-hydrogen) atoms. The van der Waals surface area contributed by atoms with E-state index in [1.165, 1.54) is 32.1 Å². The van der Waals surface area contributed by atoms with Crippen LogP contribution in [-0.4, -0.2) is 0 Å². The van der Waals surface area contributed by atoms with Gasteiger partial charge >= 0.3 is 0 Å². The minimum atomic E-state index is 1.14. The highest BCUT2D eigenvalue weighted by molar-refractivity contribution is 4.85. The predicted molar refractivity (Wildman–Crippen MR) is 66.5 cm³/mol. The van der Waals surface area contributed by atoms with E-state index in [1.54, 1.807) is 0 Å². The molecule has 0 nitrogen and oxygen atoms in total. The molecule has 0 heteroatoms. The van der Waals surface area contributed by atoms with Gasteiger partial charge in [0.25, 0.3) is 0 Å². The number of rotatable bonds is 9. The lowest BCUT2D eigenvalue weighted by Gasteiger charge is -1.91. The maximum Gasteiger partial charge on any atom is -0.0348 e. The van der Waals surface area contributed by atoms with Gasteiger partial charge in [-0.05, 0) is 44.9 Å². The molecule has 80 valence electrons. The van der Waals surface area contributed by atoms with Gasteiger partial charge in [0.05, 0.1) is 0 Å². The van der Waals surface area contributed by atoms with Crippen molar-refractivity contribution in [1.82, 2.24) is 0 Å². The zero-order valence-corrected chi connectivity index (χ0v) is 9.54. The summed E-state index contributed by atoms with van der Waals surface area (Å²) < 4.78 is 0. The van der Waals surface area contributed by atoms with Crippen LogP contribution in [0.4, 0.5) is 0 Å². The molecule has 0 rings (SSSR count). The van der Waals surface area contributed by atoms with Crippen molar-refractivity contribution >= 4 is 0 Å². The number of hydrogen-bond donors (Lipinski definition) is 0. The molecule has 0 unspecified atom stereocenters. The van der Waals surface area contributed by atoms with E-state index < -0.39 is 0 Å². The molecule has 0 heterocycles. The zero-order chi connectivity index (χ0) is 10.5. The molecular weight excluding hydrogens is 168 g/mol. The van der Waals surface area contributed by atoms with Gasteiger partial charge in [-0.2, -0.15) is 0 Å². The van der Waals surface area contributed by atoms with E-state index in [9.17, 15) is 0 Å². The first-order chi connectivity index (χ1) is 6.91. The van der Waals surface area contributed by atoms with Crippen molar-refractivity contribution in [3.8, 4) is 0 Å². The topological polar surface area (TPSA) is 0 Å². The monoisotopic (exact) mass is 192 g/mol. The highest BCUT2D eigenvalue weighted by Crippen LogP contribution is 2.01. The van der Waals surface area contributed by atoms with Crippen molar-refractivity contribution in [2.45, 2.75) is 51.9 Å². The van der Waals surface area contributed by atoms with Crippen molar-refractivity contribution in [3.63, 3.8) is 0 Å². The minimum Gasteiger partial charge on any atom is -0.103 e. The van der Waals surface area contributed by atoms with Crippen LogP contribution in [0.25, 0.3) is 0 Å². The highest BCUT2D eigenvalue weighted by atomic mass is 13.9. The normalized spacial score (nSPS) is 11.5. The van der Waals surface area contributed by atoms with Gasteiger partial charge in [0.1, 0.15) is 0 Å². The van der Waals surface area contributed by atoms with Crippen LogP contribution in [0, 0.1) is 0 Å². The Bertz CT molecular complexity index is 163. The molecule has 0 atom stereocenters. The van der Waals surface area contributed by atoms with Crippen molar-refractivity contribution in [3.05, 3.63) is 37.0 Å². The van der Waals surface area contributed by atoms with Gasteiger partial charge in [0.2, 0.25) is 0 Å².